The maximum atomic E-state index is 12.9. The fraction of sp³-hybridized carbons (Fsp3) is 0.389. The summed E-state index contributed by atoms with van der Waals surface area (Å²) in [5.74, 6) is -1.62. The first kappa shape index (κ1) is 17.7. The van der Waals surface area contributed by atoms with Crippen LogP contribution >= 0.6 is 11.3 Å². The highest BCUT2D eigenvalue weighted by molar-refractivity contribution is 7.12. The van der Waals surface area contributed by atoms with E-state index >= 15 is 0 Å². The minimum Gasteiger partial charge on any atom is -0.480 e. The van der Waals surface area contributed by atoms with Gasteiger partial charge < -0.3 is 19.2 Å². The summed E-state index contributed by atoms with van der Waals surface area (Å²) in [6.07, 6.45) is 2.07. The Labute approximate surface area is 158 Å². The normalized spacial score (nSPS) is 21.6. The second-order valence-electron chi connectivity index (χ2n) is 6.53. The number of aliphatic carboxylic acids is 1. The number of thiophene rings is 1. The Kier molecular flexibility index (Phi) is 4.48. The second-order valence-corrected chi connectivity index (χ2v) is 7.48. The van der Waals surface area contributed by atoms with Crippen molar-refractivity contribution >= 4 is 29.1 Å². The summed E-state index contributed by atoms with van der Waals surface area (Å²) in [6, 6.07) is 5.60. The zero-order chi connectivity index (χ0) is 19.0. The Morgan fingerprint density at radius 3 is 2.52 bits per heavy atom. The number of carbonyl (C=O) groups is 3. The van der Waals surface area contributed by atoms with Crippen molar-refractivity contribution in [3.63, 3.8) is 0 Å². The molecule has 2 aliphatic rings. The highest BCUT2D eigenvalue weighted by Crippen LogP contribution is 2.38. The topological polar surface area (TPSA) is 100 Å². The number of ether oxygens (including phenoxy) is 1. The Morgan fingerprint density at radius 2 is 1.93 bits per heavy atom. The van der Waals surface area contributed by atoms with Gasteiger partial charge >= 0.3 is 5.97 Å². The molecule has 1 N–H and O–H groups in total. The van der Waals surface area contributed by atoms with E-state index in [-0.39, 0.29) is 18.3 Å². The Hall–Kier alpha value is -2.65. The van der Waals surface area contributed by atoms with Gasteiger partial charge in [-0.2, -0.15) is 0 Å². The third kappa shape index (κ3) is 3.02. The van der Waals surface area contributed by atoms with Gasteiger partial charge in [-0.15, -0.1) is 11.3 Å². The minimum atomic E-state index is -1.12. The van der Waals surface area contributed by atoms with Gasteiger partial charge in [-0.05, 0) is 23.6 Å². The SMILES string of the molecule is O=C(O)[C@H]1COC2(CCN(C(=O)c3cccs3)CC2)N1C(=O)c1ccco1. The number of carboxylic acids is 1. The monoisotopic (exact) mass is 390 g/mol. The van der Waals surface area contributed by atoms with E-state index in [2.05, 4.69) is 0 Å². The molecule has 2 amide bonds. The second kappa shape index (κ2) is 6.82. The molecule has 2 aliphatic heterocycles. The molecule has 0 aromatic carbocycles. The van der Waals surface area contributed by atoms with Gasteiger partial charge in [0.15, 0.2) is 11.8 Å². The van der Waals surface area contributed by atoms with Crippen LogP contribution in [0.2, 0.25) is 0 Å². The molecular weight excluding hydrogens is 372 g/mol. The van der Waals surface area contributed by atoms with Gasteiger partial charge in [-0.1, -0.05) is 6.07 Å². The Bertz CT molecular complexity index is 839. The first-order valence-electron chi connectivity index (χ1n) is 8.58. The van der Waals surface area contributed by atoms with Gasteiger partial charge in [0.05, 0.1) is 17.7 Å². The lowest BCUT2D eigenvalue weighted by molar-refractivity contribution is -0.143. The molecule has 27 heavy (non-hydrogen) atoms. The summed E-state index contributed by atoms with van der Waals surface area (Å²) >= 11 is 1.38. The zero-order valence-electron chi connectivity index (χ0n) is 14.4. The van der Waals surface area contributed by atoms with Crippen molar-refractivity contribution in [3.8, 4) is 0 Å². The zero-order valence-corrected chi connectivity index (χ0v) is 15.2. The number of rotatable bonds is 3. The van der Waals surface area contributed by atoms with E-state index in [4.69, 9.17) is 9.15 Å². The first-order valence-corrected chi connectivity index (χ1v) is 9.46. The Morgan fingerprint density at radius 1 is 1.15 bits per heavy atom. The molecule has 0 radical (unpaired) electrons. The molecule has 0 unspecified atom stereocenters. The van der Waals surface area contributed by atoms with Crippen LogP contribution in [0.5, 0.6) is 0 Å². The van der Waals surface area contributed by atoms with Crippen LogP contribution in [0.15, 0.2) is 40.3 Å². The van der Waals surface area contributed by atoms with Crippen molar-refractivity contribution in [2.75, 3.05) is 19.7 Å². The van der Waals surface area contributed by atoms with Crippen molar-refractivity contribution in [2.24, 2.45) is 0 Å². The van der Waals surface area contributed by atoms with Gasteiger partial charge in [0.25, 0.3) is 11.8 Å². The average molecular weight is 390 g/mol. The van der Waals surface area contributed by atoms with Gasteiger partial charge in [-0.3, -0.25) is 14.5 Å². The number of amides is 2. The lowest BCUT2D eigenvalue weighted by Gasteiger charge is -2.43. The van der Waals surface area contributed by atoms with E-state index in [9.17, 15) is 19.5 Å². The van der Waals surface area contributed by atoms with E-state index in [1.54, 1.807) is 17.0 Å². The number of likely N-dealkylation sites (tertiary alicyclic amines) is 1. The van der Waals surface area contributed by atoms with Gasteiger partial charge in [0, 0.05) is 25.9 Å². The summed E-state index contributed by atoms with van der Waals surface area (Å²) in [5, 5.41) is 11.4. The molecule has 2 aromatic rings. The van der Waals surface area contributed by atoms with E-state index in [0.29, 0.717) is 30.8 Å². The fourth-order valence-electron chi connectivity index (χ4n) is 3.69. The van der Waals surface area contributed by atoms with Crippen LogP contribution in [0.3, 0.4) is 0 Å². The van der Waals surface area contributed by atoms with E-state index in [0.717, 1.165) is 0 Å². The molecule has 142 valence electrons. The number of nitrogens with zero attached hydrogens (tertiary/aromatic N) is 2. The number of carboxylic acid groups (broad SMARTS) is 1. The molecule has 2 aromatic heterocycles. The highest BCUT2D eigenvalue weighted by Gasteiger charge is 2.54. The van der Waals surface area contributed by atoms with Crippen molar-refractivity contribution < 1.29 is 28.6 Å². The van der Waals surface area contributed by atoms with Crippen LogP contribution < -0.4 is 0 Å². The molecule has 8 nitrogen and oxygen atoms in total. The van der Waals surface area contributed by atoms with Gasteiger partial charge in [-0.25, -0.2) is 4.79 Å². The molecule has 0 bridgehead atoms. The largest absolute Gasteiger partial charge is 0.480 e. The molecule has 1 spiro atoms. The van der Waals surface area contributed by atoms with Crippen molar-refractivity contribution in [1.82, 2.24) is 9.80 Å². The van der Waals surface area contributed by atoms with Crippen molar-refractivity contribution in [1.29, 1.82) is 0 Å². The van der Waals surface area contributed by atoms with E-state index in [1.165, 1.54) is 28.6 Å². The molecule has 4 heterocycles. The third-order valence-electron chi connectivity index (χ3n) is 5.06. The molecule has 4 rings (SSSR count). The maximum absolute atomic E-state index is 12.9. The summed E-state index contributed by atoms with van der Waals surface area (Å²) < 4.78 is 11.0. The summed E-state index contributed by atoms with van der Waals surface area (Å²) in [4.78, 5) is 40.8. The molecule has 1 atom stereocenters. The van der Waals surface area contributed by atoms with Gasteiger partial charge in [0.2, 0.25) is 0 Å². The van der Waals surface area contributed by atoms with Gasteiger partial charge in [0.1, 0.15) is 5.72 Å². The molecule has 2 saturated heterocycles. The van der Waals surface area contributed by atoms with Crippen LogP contribution in [0.4, 0.5) is 0 Å². The molecule has 0 aliphatic carbocycles. The number of furan rings is 1. The summed E-state index contributed by atoms with van der Waals surface area (Å²) in [7, 11) is 0. The maximum Gasteiger partial charge on any atom is 0.328 e. The summed E-state index contributed by atoms with van der Waals surface area (Å²) in [6.45, 7) is 0.677. The molecular formula is C18H18N2O6S. The molecule has 0 saturated carbocycles. The predicted octanol–water partition coefficient (Wildman–Crippen LogP) is 1.90. The third-order valence-corrected chi connectivity index (χ3v) is 5.92. The van der Waals surface area contributed by atoms with Crippen LogP contribution in [-0.4, -0.2) is 64.2 Å². The van der Waals surface area contributed by atoms with E-state index in [1.807, 2.05) is 11.4 Å². The predicted molar refractivity (Wildman–Crippen MR) is 94.4 cm³/mol. The number of hydrogen-bond donors (Lipinski definition) is 1. The Balaban J connectivity index is 1.55. The first-order chi connectivity index (χ1) is 13.0. The molecule has 2 fully saturated rings. The highest BCUT2D eigenvalue weighted by atomic mass is 32.1. The molecule has 9 heteroatoms. The smallest absolute Gasteiger partial charge is 0.328 e. The van der Waals surface area contributed by atoms with Crippen LogP contribution in [-0.2, 0) is 9.53 Å². The van der Waals surface area contributed by atoms with Crippen molar-refractivity contribution in [2.45, 2.75) is 24.6 Å². The van der Waals surface area contributed by atoms with E-state index < -0.39 is 23.6 Å². The van der Waals surface area contributed by atoms with Crippen LogP contribution in [0.1, 0.15) is 33.1 Å². The number of hydrogen-bond acceptors (Lipinski definition) is 6. The van der Waals surface area contributed by atoms with Crippen LogP contribution in [0, 0.1) is 0 Å². The van der Waals surface area contributed by atoms with Crippen molar-refractivity contribution in [3.05, 3.63) is 46.5 Å². The lowest BCUT2D eigenvalue weighted by Crippen LogP contribution is -2.58. The minimum absolute atomic E-state index is 0.0588. The average Bonchev–Trinajstić information content (AvgIpc) is 3.42. The standard InChI is InChI=1S/C18H18N2O6S/c21-15(13-3-1-9-25-13)20-12(17(23)24)11-26-18(20)5-7-19(8-6-18)16(22)14-4-2-10-27-14/h1-4,9-10,12H,5-8,11H2,(H,23,24)/t12-/m1/s1. The van der Waals surface area contributed by atoms with Crippen LogP contribution in [0.25, 0.3) is 0 Å². The lowest BCUT2D eigenvalue weighted by atomic mass is 9.97. The quantitative estimate of drug-likeness (QED) is 0.859. The number of carbonyl (C=O) groups excluding carboxylic acids is 2. The summed E-state index contributed by atoms with van der Waals surface area (Å²) in [5.41, 5.74) is -1.04. The number of piperidine rings is 1. The fourth-order valence-corrected chi connectivity index (χ4v) is 4.38.